The van der Waals surface area contributed by atoms with Gasteiger partial charge in [0.2, 0.25) is 0 Å². The Morgan fingerprint density at radius 1 is 1.04 bits per heavy atom. The molecule has 5 heteroatoms. The van der Waals surface area contributed by atoms with Crippen molar-refractivity contribution in [2.24, 2.45) is 5.92 Å². The maximum atomic E-state index is 12.1. The zero-order chi connectivity index (χ0) is 18.0. The van der Waals surface area contributed by atoms with E-state index in [1.54, 1.807) is 31.2 Å². The van der Waals surface area contributed by atoms with Crippen LogP contribution in [0.1, 0.15) is 20.8 Å². The number of esters is 1. The molecule has 0 radical (unpaired) electrons. The Morgan fingerprint density at radius 2 is 1.76 bits per heavy atom. The topological polar surface area (TPSA) is 65.7 Å². The largest absolute Gasteiger partial charge is 0.479 e. The Kier molecular flexibility index (Phi) is 4.74. The third-order valence-electron chi connectivity index (χ3n) is 3.80. The van der Waals surface area contributed by atoms with Gasteiger partial charge in [-0.25, -0.2) is 9.59 Å². The minimum absolute atomic E-state index is 0.263. The summed E-state index contributed by atoms with van der Waals surface area (Å²) in [7, 11) is 0. The second-order valence-corrected chi connectivity index (χ2v) is 6.38. The zero-order valence-electron chi connectivity index (χ0n) is 14.4. The summed E-state index contributed by atoms with van der Waals surface area (Å²) in [6.45, 7) is 5.91. The Bertz CT molecular complexity index is 971. The van der Waals surface area contributed by atoms with Crippen LogP contribution < -0.4 is 10.4 Å². The summed E-state index contributed by atoms with van der Waals surface area (Å²) < 4.78 is 16.2. The molecule has 3 rings (SSSR count). The van der Waals surface area contributed by atoms with Crippen LogP contribution in [0.2, 0.25) is 0 Å². The quantitative estimate of drug-likeness (QED) is 0.400. The van der Waals surface area contributed by atoms with Crippen LogP contribution >= 0.6 is 0 Å². The lowest BCUT2D eigenvalue weighted by atomic mass is 10.1. The number of carbonyl (C=O) groups excluding carboxylic acids is 1. The number of benzene rings is 2. The number of hydrogen-bond donors (Lipinski definition) is 0. The fourth-order valence-electron chi connectivity index (χ4n) is 2.55. The van der Waals surface area contributed by atoms with Gasteiger partial charge in [0.15, 0.2) is 6.10 Å². The minimum Gasteiger partial charge on any atom is -0.479 e. The Morgan fingerprint density at radius 3 is 2.48 bits per heavy atom. The molecule has 0 aliphatic rings. The van der Waals surface area contributed by atoms with E-state index in [0.717, 1.165) is 10.8 Å². The third-order valence-corrected chi connectivity index (χ3v) is 3.80. The molecule has 1 atom stereocenters. The lowest BCUT2D eigenvalue weighted by Crippen LogP contribution is -2.27. The van der Waals surface area contributed by atoms with Crippen molar-refractivity contribution in [1.82, 2.24) is 0 Å². The molecule has 1 aromatic heterocycles. The molecule has 130 valence electrons. The highest BCUT2D eigenvalue weighted by atomic mass is 16.6. The average molecular weight is 340 g/mol. The molecule has 0 amide bonds. The van der Waals surface area contributed by atoms with Gasteiger partial charge in [0, 0.05) is 11.5 Å². The molecule has 0 bridgehead atoms. The van der Waals surface area contributed by atoms with Crippen LogP contribution in [0.25, 0.3) is 21.7 Å². The maximum absolute atomic E-state index is 12.1. The van der Waals surface area contributed by atoms with Crippen molar-refractivity contribution < 1.29 is 18.7 Å². The molecule has 0 saturated carbocycles. The fraction of sp³-hybridized carbons (Fsp3) is 0.300. The smallest absolute Gasteiger partial charge is 0.347 e. The molecule has 25 heavy (non-hydrogen) atoms. The van der Waals surface area contributed by atoms with Crippen LogP contribution in [0, 0.1) is 5.92 Å². The molecule has 5 nitrogen and oxygen atoms in total. The van der Waals surface area contributed by atoms with E-state index in [1.165, 1.54) is 0 Å². The first-order chi connectivity index (χ1) is 12.0. The highest BCUT2D eigenvalue weighted by Crippen LogP contribution is 2.26. The van der Waals surface area contributed by atoms with Crippen LogP contribution in [0.4, 0.5) is 0 Å². The van der Waals surface area contributed by atoms with Gasteiger partial charge < -0.3 is 13.9 Å². The van der Waals surface area contributed by atoms with Crippen molar-refractivity contribution in [3.63, 3.8) is 0 Å². The standard InChI is InChI=1S/C20H20O5/c1-12(2)11-23-19(21)13(3)24-14-8-9-16-15-6-4-5-7-17(15)20(22)25-18(16)10-14/h4-10,12-13H,11H2,1-3H3. The van der Waals surface area contributed by atoms with Gasteiger partial charge in [-0.2, -0.15) is 0 Å². The van der Waals surface area contributed by atoms with Crippen molar-refractivity contribution in [1.29, 1.82) is 0 Å². The molecule has 0 fully saturated rings. The highest BCUT2D eigenvalue weighted by Gasteiger charge is 2.17. The third kappa shape index (κ3) is 3.65. The highest BCUT2D eigenvalue weighted by molar-refractivity contribution is 6.04. The van der Waals surface area contributed by atoms with E-state index in [4.69, 9.17) is 13.9 Å². The molecule has 0 spiro atoms. The monoisotopic (exact) mass is 340 g/mol. The first kappa shape index (κ1) is 17.0. The van der Waals surface area contributed by atoms with E-state index < -0.39 is 17.7 Å². The van der Waals surface area contributed by atoms with E-state index in [0.29, 0.717) is 23.3 Å². The van der Waals surface area contributed by atoms with Crippen molar-refractivity contribution in [3.8, 4) is 5.75 Å². The summed E-state index contributed by atoms with van der Waals surface area (Å²) in [5.74, 6) is 0.285. The van der Waals surface area contributed by atoms with E-state index in [2.05, 4.69) is 0 Å². The normalized spacial score (nSPS) is 12.5. The van der Waals surface area contributed by atoms with Gasteiger partial charge in [0.1, 0.15) is 11.3 Å². The second-order valence-electron chi connectivity index (χ2n) is 6.38. The van der Waals surface area contributed by atoms with Gasteiger partial charge >= 0.3 is 11.6 Å². The molecular formula is C20H20O5. The van der Waals surface area contributed by atoms with Crippen molar-refractivity contribution in [2.75, 3.05) is 6.61 Å². The Hall–Kier alpha value is -2.82. The molecule has 1 unspecified atom stereocenters. The van der Waals surface area contributed by atoms with Crippen LogP contribution in [-0.2, 0) is 9.53 Å². The molecule has 0 aliphatic carbocycles. The fourth-order valence-corrected chi connectivity index (χ4v) is 2.55. The van der Waals surface area contributed by atoms with Crippen LogP contribution in [0.5, 0.6) is 5.75 Å². The molecule has 3 aromatic rings. The van der Waals surface area contributed by atoms with Crippen LogP contribution in [0.3, 0.4) is 0 Å². The summed E-state index contributed by atoms with van der Waals surface area (Å²) in [4.78, 5) is 24.0. The summed E-state index contributed by atoms with van der Waals surface area (Å²) in [5.41, 5.74) is 0.0218. The molecule has 2 aromatic carbocycles. The van der Waals surface area contributed by atoms with Gasteiger partial charge in [-0.1, -0.05) is 32.0 Å². The lowest BCUT2D eigenvalue weighted by Gasteiger charge is -2.15. The number of fused-ring (bicyclic) bond motifs is 3. The molecular weight excluding hydrogens is 320 g/mol. The van der Waals surface area contributed by atoms with Crippen molar-refractivity contribution in [3.05, 3.63) is 52.9 Å². The van der Waals surface area contributed by atoms with Gasteiger partial charge in [-0.15, -0.1) is 0 Å². The average Bonchev–Trinajstić information content (AvgIpc) is 2.59. The minimum atomic E-state index is -0.747. The maximum Gasteiger partial charge on any atom is 0.347 e. The number of ether oxygens (including phenoxy) is 2. The Balaban J connectivity index is 1.88. The van der Waals surface area contributed by atoms with Crippen molar-refractivity contribution in [2.45, 2.75) is 26.9 Å². The predicted octanol–water partition coefficient (Wildman–Crippen LogP) is 3.91. The summed E-state index contributed by atoms with van der Waals surface area (Å²) in [6.07, 6.45) is -0.747. The molecule has 0 N–H and O–H groups in total. The van der Waals surface area contributed by atoms with Gasteiger partial charge in [0.05, 0.1) is 12.0 Å². The number of carbonyl (C=O) groups is 1. The van der Waals surface area contributed by atoms with Crippen molar-refractivity contribution >= 4 is 27.7 Å². The molecule has 0 saturated heterocycles. The van der Waals surface area contributed by atoms with E-state index in [-0.39, 0.29) is 5.92 Å². The summed E-state index contributed by atoms with van der Waals surface area (Å²) in [6, 6.07) is 12.5. The van der Waals surface area contributed by atoms with E-state index >= 15 is 0 Å². The Labute approximate surface area is 145 Å². The first-order valence-corrected chi connectivity index (χ1v) is 8.24. The van der Waals surface area contributed by atoms with Gasteiger partial charge in [-0.05, 0) is 36.4 Å². The van der Waals surface area contributed by atoms with Gasteiger partial charge in [-0.3, -0.25) is 0 Å². The second kappa shape index (κ2) is 6.97. The van der Waals surface area contributed by atoms with E-state index in [9.17, 15) is 9.59 Å². The SMILES string of the molecule is CC(C)COC(=O)C(C)Oc1ccc2c(c1)oc(=O)c1ccccc12. The summed E-state index contributed by atoms with van der Waals surface area (Å²) >= 11 is 0. The van der Waals surface area contributed by atoms with Gasteiger partial charge in [0.25, 0.3) is 0 Å². The van der Waals surface area contributed by atoms with Crippen LogP contribution in [0.15, 0.2) is 51.7 Å². The summed E-state index contributed by atoms with van der Waals surface area (Å²) in [5, 5.41) is 2.18. The number of hydrogen-bond acceptors (Lipinski definition) is 5. The molecule has 1 heterocycles. The van der Waals surface area contributed by atoms with E-state index in [1.807, 2.05) is 32.0 Å². The number of rotatable bonds is 5. The first-order valence-electron chi connectivity index (χ1n) is 8.24. The lowest BCUT2D eigenvalue weighted by molar-refractivity contribution is -0.152. The van der Waals surface area contributed by atoms with Crippen LogP contribution in [-0.4, -0.2) is 18.7 Å². The molecule has 0 aliphatic heterocycles. The predicted molar refractivity (Wildman–Crippen MR) is 95.9 cm³/mol. The zero-order valence-corrected chi connectivity index (χ0v) is 14.4.